The van der Waals surface area contributed by atoms with Crippen molar-refractivity contribution in [3.8, 4) is 0 Å². The molecule has 102 valence electrons. The molecule has 0 N–H and O–H groups in total. The predicted octanol–water partition coefficient (Wildman–Crippen LogP) is 2.92. The van der Waals surface area contributed by atoms with Gasteiger partial charge in [0.15, 0.2) is 10.8 Å². The molecule has 0 aromatic carbocycles. The maximum Gasteiger partial charge on any atom is 0.274 e. The average molecular weight is 280 g/mol. The Hall–Kier alpha value is -1.16. The minimum atomic E-state index is 0.0146. The molecular formula is C14H18ClN3O. The molecule has 19 heavy (non-hydrogen) atoms. The summed E-state index contributed by atoms with van der Waals surface area (Å²) >= 11 is 5.71. The molecule has 1 aromatic rings. The molecule has 1 aliphatic heterocycles. The van der Waals surface area contributed by atoms with Gasteiger partial charge in [0, 0.05) is 12.6 Å². The fourth-order valence-corrected chi connectivity index (χ4v) is 3.55. The lowest BCUT2D eigenvalue weighted by Gasteiger charge is -2.43. The molecule has 0 bridgehead atoms. The van der Waals surface area contributed by atoms with Crippen molar-refractivity contribution in [1.29, 1.82) is 0 Å². The maximum absolute atomic E-state index is 12.5. The second-order valence-corrected chi connectivity index (χ2v) is 5.88. The van der Waals surface area contributed by atoms with Crippen molar-refractivity contribution >= 4 is 17.5 Å². The van der Waals surface area contributed by atoms with E-state index in [9.17, 15) is 4.79 Å². The van der Waals surface area contributed by atoms with Crippen molar-refractivity contribution in [3.63, 3.8) is 0 Å². The Balaban J connectivity index is 1.79. The molecule has 2 atom stereocenters. The third-order valence-corrected chi connectivity index (χ3v) is 4.56. The van der Waals surface area contributed by atoms with Crippen molar-refractivity contribution < 1.29 is 4.79 Å². The summed E-state index contributed by atoms with van der Waals surface area (Å²) in [4.78, 5) is 14.6. The number of aromatic nitrogens is 2. The van der Waals surface area contributed by atoms with Crippen LogP contribution in [0.25, 0.3) is 0 Å². The van der Waals surface area contributed by atoms with Crippen LogP contribution in [0.1, 0.15) is 49.0 Å². The number of halogens is 1. The van der Waals surface area contributed by atoms with E-state index in [1.54, 1.807) is 12.1 Å². The number of rotatable bonds is 1. The lowest BCUT2D eigenvalue weighted by molar-refractivity contribution is 0.0384. The Morgan fingerprint density at radius 3 is 2.74 bits per heavy atom. The first kappa shape index (κ1) is 12.9. The summed E-state index contributed by atoms with van der Waals surface area (Å²) in [6.07, 6.45) is 7.31. The van der Waals surface area contributed by atoms with Gasteiger partial charge in [-0.25, -0.2) is 0 Å². The Morgan fingerprint density at radius 1 is 1.16 bits per heavy atom. The molecule has 1 amide bonds. The van der Waals surface area contributed by atoms with Gasteiger partial charge in [-0.1, -0.05) is 24.4 Å². The molecule has 2 heterocycles. The smallest absolute Gasteiger partial charge is 0.274 e. The van der Waals surface area contributed by atoms with E-state index in [0.29, 0.717) is 22.8 Å². The number of likely N-dealkylation sites (tertiary alicyclic amines) is 1. The molecule has 1 aliphatic carbocycles. The lowest BCUT2D eigenvalue weighted by atomic mass is 9.78. The van der Waals surface area contributed by atoms with Crippen molar-refractivity contribution in [2.75, 3.05) is 6.54 Å². The fraction of sp³-hybridized carbons (Fsp3) is 0.643. The van der Waals surface area contributed by atoms with Gasteiger partial charge in [0.25, 0.3) is 5.91 Å². The number of nitrogens with zero attached hydrogens (tertiary/aromatic N) is 3. The summed E-state index contributed by atoms with van der Waals surface area (Å²) < 4.78 is 0. The molecule has 0 spiro atoms. The van der Waals surface area contributed by atoms with E-state index in [0.717, 1.165) is 19.4 Å². The largest absolute Gasteiger partial charge is 0.334 e. The van der Waals surface area contributed by atoms with Crippen molar-refractivity contribution in [2.24, 2.45) is 5.92 Å². The standard InChI is InChI=1S/C14H18ClN3O/c15-13-8-7-11(16-17-13)14(19)18-9-3-5-10-4-1-2-6-12(10)18/h7-8,10,12H,1-6,9H2/t10-,12-/m1/s1. The topological polar surface area (TPSA) is 46.1 Å². The lowest BCUT2D eigenvalue weighted by Crippen LogP contribution is -2.49. The third kappa shape index (κ3) is 2.59. The number of hydrogen-bond donors (Lipinski definition) is 0. The predicted molar refractivity (Wildman–Crippen MR) is 73.1 cm³/mol. The van der Waals surface area contributed by atoms with Crippen molar-refractivity contribution in [3.05, 3.63) is 23.0 Å². The van der Waals surface area contributed by atoms with Crippen LogP contribution in [0.2, 0.25) is 5.15 Å². The zero-order valence-corrected chi connectivity index (χ0v) is 11.6. The quantitative estimate of drug-likeness (QED) is 0.794. The zero-order chi connectivity index (χ0) is 13.2. The van der Waals surface area contributed by atoms with Gasteiger partial charge in [-0.05, 0) is 43.7 Å². The van der Waals surface area contributed by atoms with E-state index in [1.165, 1.54) is 25.7 Å². The molecule has 1 saturated carbocycles. The maximum atomic E-state index is 12.5. The number of carbonyl (C=O) groups excluding carboxylic acids is 1. The first-order chi connectivity index (χ1) is 9.25. The summed E-state index contributed by atoms with van der Waals surface area (Å²) in [6, 6.07) is 3.71. The highest BCUT2D eigenvalue weighted by molar-refractivity contribution is 6.29. The first-order valence-electron chi connectivity index (χ1n) is 7.06. The summed E-state index contributed by atoms with van der Waals surface area (Å²) in [6.45, 7) is 0.851. The first-order valence-corrected chi connectivity index (χ1v) is 7.44. The molecule has 4 nitrogen and oxygen atoms in total. The minimum absolute atomic E-state index is 0.0146. The highest BCUT2D eigenvalue weighted by atomic mass is 35.5. The van der Waals surface area contributed by atoms with Gasteiger partial charge < -0.3 is 4.90 Å². The molecule has 5 heteroatoms. The summed E-state index contributed by atoms with van der Waals surface area (Å²) in [5.74, 6) is 0.701. The molecule has 3 rings (SSSR count). The molecule has 0 unspecified atom stereocenters. The third-order valence-electron chi connectivity index (χ3n) is 4.36. The van der Waals surface area contributed by atoms with Crippen LogP contribution in [0, 0.1) is 5.92 Å². The Morgan fingerprint density at radius 2 is 1.95 bits per heavy atom. The van der Waals surface area contributed by atoms with E-state index in [1.807, 2.05) is 4.90 Å². The second-order valence-electron chi connectivity index (χ2n) is 5.49. The molecule has 0 radical (unpaired) electrons. The summed E-state index contributed by atoms with van der Waals surface area (Å²) in [5, 5.41) is 8.01. The monoisotopic (exact) mass is 279 g/mol. The Kier molecular flexibility index (Phi) is 3.69. The number of hydrogen-bond acceptors (Lipinski definition) is 3. The number of piperidine rings is 1. The zero-order valence-electron chi connectivity index (χ0n) is 10.9. The summed E-state index contributed by atoms with van der Waals surface area (Å²) in [7, 11) is 0. The van der Waals surface area contributed by atoms with Crippen LogP contribution in [0.3, 0.4) is 0 Å². The molecule has 1 saturated heterocycles. The minimum Gasteiger partial charge on any atom is -0.334 e. The van der Waals surface area contributed by atoms with E-state index < -0.39 is 0 Å². The van der Waals surface area contributed by atoms with E-state index in [4.69, 9.17) is 11.6 Å². The fourth-order valence-electron chi connectivity index (χ4n) is 3.45. The average Bonchev–Trinajstić information content (AvgIpc) is 2.47. The normalized spacial score (nSPS) is 26.9. The van der Waals surface area contributed by atoms with Crippen LogP contribution < -0.4 is 0 Å². The van der Waals surface area contributed by atoms with Crippen molar-refractivity contribution in [2.45, 2.75) is 44.6 Å². The second kappa shape index (κ2) is 5.45. The molecule has 1 aromatic heterocycles. The van der Waals surface area contributed by atoms with E-state index >= 15 is 0 Å². The van der Waals surface area contributed by atoms with Gasteiger partial charge in [0.1, 0.15) is 0 Å². The van der Waals surface area contributed by atoms with Crippen LogP contribution in [0.5, 0.6) is 0 Å². The number of amides is 1. The number of carbonyl (C=O) groups is 1. The molecule has 2 aliphatic rings. The van der Waals surface area contributed by atoms with Gasteiger partial charge in [0.05, 0.1) is 0 Å². The van der Waals surface area contributed by atoms with Gasteiger partial charge in [-0.2, -0.15) is 0 Å². The Labute approximate surface area is 118 Å². The van der Waals surface area contributed by atoms with Crippen LogP contribution in [0.15, 0.2) is 12.1 Å². The highest BCUT2D eigenvalue weighted by Crippen LogP contribution is 2.35. The molecule has 2 fully saturated rings. The van der Waals surface area contributed by atoms with Crippen LogP contribution in [-0.4, -0.2) is 33.6 Å². The van der Waals surface area contributed by atoms with Crippen molar-refractivity contribution in [1.82, 2.24) is 15.1 Å². The van der Waals surface area contributed by atoms with Crippen LogP contribution >= 0.6 is 11.6 Å². The Bertz CT molecular complexity index is 460. The highest BCUT2D eigenvalue weighted by Gasteiger charge is 2.36. The summed E-state index contributed by atoms with van der Waals surface area (Å²) in [5.41, 5.74) is 0.413. The van der Waals surface area contributed by atoms with Gasteiger partial charge in [-0.15, -0.1) is 10.2 Å². The van der Waals surface area contributed by atoms with Gasteiger partial charge in [-0.3, -0.25) is 4.79 Å². The van der Waals surface area contributed by atoms with E-state index in [-0.39, 0.29) is 5.91 Å². The SMILES string of the molecule is O=C(c1ccc(Cl)nn1)N1CCC[C@H]2CCCC[C@H]21. The van der Waals surface area contributed by atoms with E-state index in [2.05, 4.69) is 10.2 Å². The van der Waals surface area contributed by atoms with Crippen LogP contribution in [-0.2, 0) is 0 Å². The van der Waals surface area contributed by atoms with Crippen LogP contribution in [0.4, 0.5) is 0 Å². The number of fused-ring (bicyclic) bond motifs is 1. The molecular weight excluding hydrogens is 262 g/mol. The van der Waals surface area contributed by atoms with Gasteiger partial charge >= 0.3 is 0 Å². The van der Waals surface area contributed by atoms with Gasteiger partial charge in [0.2, 0.25) is 0 Å².